The van der Waals surface area contributed by atoms with Gasteiger partial charge in [0.1, 0.15) is 0 Å². The van der Waals surface area contributed by atoms with E-state index in [4.69, 9.17) is 0 Å². The summed E-state index contributed by atoms with van der Waals surface area (Å²) in [7, 11) is 3.15. The number of β-amino-alcohol motifs (C(OH)–C–C–N with tert-alkyl or cyclic N) is 1. The van der Waals surface area contributed by atoms with E-state index in [0.29, 0.717) is 12.3 Å². The van der Waals surface area contributed by atoms with Gasteiger partial charge in [0.15, 0.2) is 0 Å². The summed E-state index contributed by atoms with van der Waals surface area (Å²) in [6.07, 6.45) is -0.353. The Morgan fingerprint density at radius 2 is 1.87 bits per heavy atom. The van der Waals surface area contributed by atoms with Crippen molar-refractivity contribution in [1.82, 2.24) is 14.7 Å². The summed E-state index contributed by atoms with van der Waals surface area (Å²) in [5.41, 5.74) is 0. The molecule has 130 valence electrons. The lowest BCUT2D eigenvalue weighted by Gasteiger charge is -2.34. The molecule has 2 atom stereocenters. The Morgan fingerprint density at radius 1 is 1.22 bits per heavy atom. The van der Waals surface area contributed by atoms with Crippen molar-refractivity contribution in [3.63, 3.8) is 0 Å². The van der Waals surface area contributed by atoms with Crippen LogP contribution in [0.2, 0.25) is 0 Å². The van der Waals surface area contributed by atoms with E-state index in [2.05, 4.69) is 21.7 Å². The highest BCUT2D eigenvalue weighted by Crippen LogP contribution is 2.06. The van der Waals surface area contributed by atoms with Crippen LogP contribution in [0.4, 0.5) is 0 Å². The van der Waals surface area contributed by atoms with Gasteiger partial charge in [0.2, 0.25) is 0 Å². The highest BCUT2D eigenvalue weighted by molar-refractivity contribution is 7.85. The predicted molar refractivity (Wildman–Crippen MR) is 95.2 cm³/mol. The fourth-order valence-electron chi connectivity index (χ4n) is 2.77. The van der Waals surface area contributed by atoms with E-state index in [0.717, 1.165) is 44.2 Å². The predicted octanol–water partition coefficient (Wildman–Crippen LogP) is 0.334. The van der Waals surface area contributed by atoms with Gasteiger partial charge in [0.25, 0.3) is 0 Å². The van der Waals surface area contributed by atoms with Crippen LogP contribution in [0.3, 0.4) is 0 Å². The molecule has 0 aliphatic carbocycles. The van der Waals surface area contributed by atoms with Gasteiger partial charge in [0.05, 0.1) is 16.9 Å². The summed E-state index contributed by atoms with van der Waals surface area (Å²) >= 11 is 0. The van der Waals surface area contributed by atoms with Gasteiger partial charge in [-0.1, -0.05) is 18.2 Å². The van der Waals surface area contributed by atoms with Gasteiger partial charge in [-0.3, -0.25) is 9.11 Å². The number of aliphatic hydroxyl groups excluding tert-OH is 1. The average molecular weight is 340 g/mol. The van der Waals surface area contributed by atoms with E-state index >= 15 is 0 Å². The number of likely N-dealkylation sites (N-methyl/N-ethyl adjacent to an activating group) is 2. The normalized spacial score (nSPS) is 19.8. The SMILES string of the molecule is CN1CCN(CC(O)CN(C)CCS(=O)c2ccccc2)CC1. The number of hydrogen-bond acceptors (Lipinski definition) is 5. The average Bonchev–Trinajstić information content (AvgIpc) is 2.55. The Hall–Kier alpha value is -0.790. The first kappa shape index (κ1) is 18.5. The van der Waals surface area contributed by atoms with E-state index in [1.165, 1.54) is 0 Å². The van der Waals surface area contributed by atoms with Crippen molar-refractivity contribution in [2.75, 3.05) is 65.7 Å². The molecule has 1 aliphatic heterocycles. The van der Waals surface area contributed by atoms with E-state index in [-0.39, 0.29) is 6.10 Å². The maximum Gasteiger partial charge on any atom is 0.0793 e. The molecule has 0 radical (unpaired) electrons. The molecule has 2 unspecified atom stereocenters. The van der Waals surface area contributed by atoms with Crippen molar-refractivity contribution in [1.29, 1.82) is 0 Å². The Kier molecular flexibility index (Phi) is 7.65. The molecule has 1 heterocycles. The first-order valence-electron chi connectivity index (χ1n) is 8.25. The van der Waals surface area contributed by atoms with Crippen LogP contribution in [0.1, 0.15) is 0 Å². The van der Waals surface area contributed by atoms with Crippen LogP contribution in [0.15, 0.2) is 35.2 Å². The molecule has 0 amide bonds. The van der Waals surface area contributed by atoms with E-state index in [1.807, 2.05) is 37.4 Å². The zero-order chi connectivity index (χ0) is 16.7. The van der Waals surface area contributed by atoms with Crippen molar-refractivity contribution >= 4 is 10.8 Å². The third-order valence-corrected chi connectivity index (χ3v) is 5.60. The number of piperazine rings is 1. The smallest absolute Gasteiger partial charge is 0.0793 e. The van der Waals surface area contributed by atoms with Gasteiger partial charge >= 0.3 is 0 Å². The van der Waals surface area contributed by atoms with Gasteiger partial charge in [-0.15, -0.1) is 0 Å². The fourth-order valence-corrected chi connectivity index (χ4v) is 3.94. The summed E-state index contributed by atoms with van der Waals surface area (Å²) in [5.74, 6) is 0.599. The van der Waals surface area contributed by atoms with Crippen LogP contribution < -0.4 is 0 Å². The second kappa shape index (κ2) is 9.49. The molecule has 1 aliphatic rings. The van der Waals surface area contributed by atoms with Crippen molar-refractivity contribution in [2.24, 2.45) is 0 Å². The van der Waals surface area contributed by atoms with E-state index in [1.54, 1.807) is 0 Å². The van der Waals surface area contributed by atoms with Gasteiger partial charge in [-0.2, -0.15) is 0 Å². The van der Waals surface area contributed by atoms with Crippen molar-refractivity contribution in [3.8, 4) is 0 Å². The molecule has 1 aromatic rings. The number of rotatable bonds is 8. The molecule has 0 spiro atoms. The molecule has 1 N–H and O–H groups in total. The fraction of sp³-hybridized carbons (Fsp3) is 0.647. The lowest BCUT2D eigenvalue weighted by Crippen LogP contribution is -2.48. The molecule has 2 rings (SSSR count). The van der Waals surface area contributed by atoms with Crippen LogP contribution in [0, 0.1) is 0 Å². The molecule has 0 bridgehead atoms. The van der Waals surface area contributed by atoms with Crippen molar-refractivity contribution < 1.29 is 9.32 Å². The number of aliphatic hydroxyl groups is 1. The quantitative estimate of drug-likeness (QED) is 0.740. The zero-order valence-electron chi connectivity index (χ0n) is 14.2. The van der Waals surface area contributed by atoms with Crippen LogP contribution in [-0.2, 0) is 10.8 Å². The molecule has 6 heteroatoms. The monoisotopic (exact) mass is 339 g/mol. The number of benzene rings is 1. The van der Waals surface area contributed by atoms with E-state index < -0.39 is 10.8 Å². The summed E-state index contributed by atoms with van der Waals surface area (Å²) in [5, 5.41) is 10.2. The molecule has 0 aromatic heterocycles. The highest BCUT2D eigenvalue weighted by atomic mass is 32.2. The standard InChI is InChI=1S/C17H29N3O2S/c1-18-8-10-20(11-9-18)15-16(21)14-19(2)12-13-23(22)17-6-4-3-5-7-17/h3-7,16,21H,8-15H2,1-2H3. The third kappa shape index (κ3) is 6.69. The molecule has 0 saturated carbocycles. The third-order valence-electron chi connectivity index (χ3n) is 4.25. The molecule has 1 aromatic carbocycles. The van der Waals surface area contributed by atoms with Gasteiger partial charge < -0.3 is 14.9 Å². The summed E-state index contributed by atoms with van der Waals surface area (Å²) in [4.78, 5) is 7.58. The van der Waals surface area contributed by atoms with E-state index in [9.17, 15) is 9.32 Å². The van der Waals surface area contributed by atoms with Gasteiger partial charge in [0, 0.05) is 56.5 Å². The number of hydrogen-bond donors (Lipinski definition) is 1. The molecule has 5 nitrogen and oxygen atoms in total. The second-order valence-electron chi connectivity index (χ2n) is 6.38. The minimum absolute atomic E-state index is 0.353. The van der Waals surface area contributed by atoms with Crippen LogP contribution in [-0.4, -0.2) is 95.8 Å². The Balaban J connectivity index is 1.66. The Morgan fingerprint density at radius 3 is 2.52 bits per heavy atom. The van der Waals surface area contributed by atoms with Crippen molar-refractivity contribution in [3.05, 3.63) is 30.3 Å². The summed E-state index contributed by atoms with van der Waals surface area (Å²) in [6.45, 7) is 6.25. The maximum atomic E-state index is 12.2. The molecule has 1 saturated heterocycles. The second-order valence-corrected chi connectivity index (χ2v) is 7.95. The zero-order valence-corrected chi connectivity index (χ0v) is 15.0. The van der Waals surface area contributed by atoms with Crippen LogP contribution >= 0.6 is 0 Å². The minimum atomic E-state index is -0.968. The first-order valence-corrected chi connectivity index (χ1v) is 9.57. The first-order chi connectivity index (χ1) is 11.0. The van der Waals surface area contributed by atoms with Gasteiger partial charge in [-0.25, -0.2) is 0 Å². The molecular formula is C17H29N3O2S. The largest absolute Gasteiger partial charge is 0.390 e. The van der Waals surface area contributed by atoms with Crippen molar-refractivity contribution in [2.45, 2.75) is 11.0 Å². The summed E-state index contributed by atoms with van der Waals surface area (Å²) in [6, 6.07) is 9.56. The molecular weight excluding hydrogens is 310 g/mol. The van der Waals surface area contributed by atoms with Gasteiger partial charge in [-0.05, 0) is 26.2 Å². The lowest BCUT2D eigenvalue weighted by molar-refractivity contribution is 0.0619. The molecule has 23 heavy (non-hydrogen) atoms. The number of nitrogens with zero attached hydrogens (tertiary/aromatic N) is 3. The summed E-state index contributed by atoms with van der Waals surface area (Å²) < 4.78 is 12.2. The minimum Gasteiger partial charge on any atom is -0.390 e. The Labute approximate surface area is 142 Å². The highest BCUT2D eigenvalue weighted by Gasteiger charge is 2.18. The Bertz CT molecular complexity index is 478. The molecule has 1 fully saturated rings. The lowest BCUT2D eigenvalue weighted by atomic mass is 10.2. The van der Waals surface area contributed by atoms with Crippen LogP contribution in [0.5, 0.6) is 0 Å². The maximum absolute atomic E-state index is 12.2. The van der Waals surface area contributed by atoms with Crippen LogP contribution in [0.25, 0.3) is 0 Å². The topological polar surface area (TPSA) is 47.0 Å².